The molecule has 122 valence electrons. The van der Waals surface area contributed by atoms with E-state index in [1.165, 1.54) is 28.4 Å². The van der Waals surface area contributed by atoms with Gasteiger partial charge in [-0.25, -0.2) is 0 Å². The van der Waals surface area contributed by atoms with E-state index in [9.17, 15) is 9.59 Å². The third kappa shape index (κ3) is 3.91. The molecule has 0 heterocycles. The van der Waals surface area contributed by atoms with Gasteiger partial charge in [-0.15, -0.1) is 0 Å². The highest BCUT2D eigenvalue weighted by molar-refractivity contribution is 6.00. The van der Waals surface area contributed by atoms with Gasteiger partial charge in [0, 0.05) is 27.1 Å². The first kappa shape index (κ1) is 17.8. The van der Waals surface area contributed by atoms with Crippen LogP contribution in [0.3, 0.4) is 0 Å². The Morgan fingerprint density at radius 1 is 0.857 bits per heavy atom. The molecule has 21 heavy (non-hydrogen) atoms. The van der Waals surface area contributed by atoms with Crippen molar-refractivity contribution in [2.24, 2.45) is 5.41 Å². The molecule has 0 saturated heterocycles. The Kier molecular flexibility index (Phi) is 7.03. The SMILES string of the molecule is COCO[C@@H]1CC(C(=O)OC)(C(=O)OC)C[C@H]1OCOC. The van der Waals surface area contributed by atoms with E-state index < -0.39 is 29.6 Å². The van der Waals surface area contributed by atoms with E-state index in [0.717, 1.165) is 0 Å². The highest BCUT2D eigenvalue weighted by Crippen LogP contribution is 2.43. The van der Waals surface area contributed by atoms with E-state index in [2.05, 4.69) is 0 Å². The fourth-order valence-corrected chi connectivity index (χ4v) is 2.48. The fraction of sp³-hybridized carbons (Fsp3) is 0.846. The minimum absolute atomic E-state index is 0.0237. The Bertz CT molecular complexity index is 322. The summed E-state index contributed by atoms with van der Waals surface area (Å²) in [5.41, 5.74) is -1.43. The van der Waals surface area contributed by atoms with E-state index in [1.807, 2.05) is 0 Å². The van der Waals surface area contributed by atoms with Gasteiger partial charge >= 0.3 is 11.9 Å². The summed E-state index contributed by atoms with van der Waals surface area (Å²) in [4.78, 5) is 24.2. The van der Waals surface area contributed by atoms with Gasteiger partial charge in [0.05, 0.1) is 26.4 Å². The topological polar surface area (TPSA) is 89.5 Å². The second kappa shape index (κ2) is 8.28. The van der Waals surface area contributed by atoms with Gasteiger partial charge in [0.2, 0.25) is 0 Å². The summed E-state index contributed by atoms with van der Waals surface area (Å²) in [6, 6.07) is 0. The highest BCUT2D eigenvalue weighted by atomic mass is 16.7. The first-order valence-electron chi connectivity index (χ1n) is 6.43. The van der Waals surface area contributed by atoms with E-state index >= 15 is 0 Å². The lowest BCUT2D eigenvalue weighted by Crippen LogP contribution is -2.40. The number of ether oxygens (including phenoxy) is 6. The van der Waals surface area contributed by atoms with Crippen molar-refractivity contribution in [3.05, 3.63) is 0 Å². The number of rotatable bonds is 8. The molecule has 0 bridgehead atoms. The molecule has 0 unspecified atom stereocenters. The molecule has 0 aliphatic heterocycles. The van der Waals surface area contributed by atoms with Crippen LogP contribution in [0.15, 0.2) is 0 Å². The lowest BCUT2D eigenvalue weighted by Gasteiger charge is -2.22. The molecular formula is C13H22O8. The Labute approximate surface area is 123 Å². The van der Waals surface area contributed by atoms with Gasteiger partial charge in [0.25, 0.3) is 0 Å². The van der Waals surface area contributed by atoms with Crippen LogP contribution in [-0.2, 0) is 38.0 Å². The van der Waals surface area contributed by atoms with Crippen molar-refractivity contribution >= 4 is 11.9 Å². The first-order chi connectivity index (χ1) is 10.1. The average molecular weight is 306 g/mol. The zero-order valence-corrected chi connectivity index (χ0v) is 12.7. The Balaban J connectivity index is 2.94. The highest BCUT2D eigenvalue weighted by Gasteiger charge is 2.58. The molecule has 0 spiro atoms. The van der Waals surface area contributed by atoms with Gasteiger partial charge in [-0.1, -0.05) is 0 Å². The van der Waals surface area contributed by atoms with Crippen LogP contribution >= 0.6 is 0 Å². The van der Waals surface area contributed by atoms with Crippen molar-refractivity contribution in [1.82, 2.24) is 0 Å². The summed E-state index contributed by atoms with van der Waals surface area (Å²) >= 11 is 0. The second-order valence-electron chi connectivity index (χ2n) is 4.70. The molecule has 8 nitrogen and oxygen atoms in total. The standard InChI is InChI=1S/C13H22O8/c1-16-7-20-9-5-13(11(14)18-3,12(15)19-4)6-10(9)21-8-17-2/h9-10H,5-8H2,1-4H3/t9-,10-/m1/s1. The molecule has 1 aliphatic rings. The van der Waals surface area contributed by atoms with Crippen LogP contribution < -0.4 is 0 Å². The van der Waals surface area contributed by atoms with Crippen molar-refractivity contribution in [2.75, 3.05) is 42.0 Å². The molecule has 0 amide bonds. The van der Waals surface area contributed by atoms with Gasteiger partial charge in [0.15, 0.2) is 5.41 Å². The molecule has 0 aromatic carbocycles. The van der Waals surface area contributed by atoms with E-state index in [-0.39, 0.29) is 26.4 Å². The maximum Gasteiger partial charge on any atom is 0.323 e. The van der Waals surface area contributed by atoms with E-state index in [4.69, 9.17) is 28.4 Å². The molecule has 1 aliphatic carbocycles. The normalized spacial score (nSPS) is 23.8. The van der Waals surface area contributed by atoms with Crippen LogP contribution in [0, 0.1) is 5.41 Å². The van der Waals surface area contributed by atoms with Gasteiger partial charge in [-0.2, -0.15) is 0 Å². The van der Waals surface area contributed by atoms with Crippen molar-refractivity contribution < 1.29 is 38.0 Å². The fourth-order valence-electron chi connectivity index (χ4n) is 2.48. The predicted molar refractivity (Wildman–Crippen MR) is 69.2 cm³/mol. The van der Waals surface area contributed by atoms with Gasteiger partial charge in [-0.3, -0.25) is 9.59 Å². The zero-order chi connectivity index (χ0) is 15.9. The summed E-state index contributed by atoms with van der Waals surface area (Å²) in [6.07, 6.45) is -0.801. The van der Waals surface area contributed by atoms with Crippen LogP contribution in [0.5, 0.6) is 0 Å². The smallest absolute Gasteiger partial charge is 0.323 e. The lowest BCUT2D eigenvalue weighted by atomic mass is 9.86. The van der Waals surface area contributed by atoms with Crippen molar-refractivity contribution in [1.29, 1.82) is 0 Å². The number of hydrogen-bond acceptors (Lipinski definition) is 8. The zero-order valence-electron chi connectivity index (χ0n) is 12.7. The number of esters is 2. The molecular weight excluding hydrogens is 284 g/mol. The molecule has 0 N–H and O–H groups in total. The average Bonchev–Trinajstić information content (AvgIpc) is 2.89. The quantitative estimate of drug-likeness (QED) is 0.354. The molecule has 1 rings (SSSR count). The molecule has 8 heteroatoms. The van der Waals surface area contributed by atoms with Gasteiger partial charge in [-0.05, 0) is 0 Å². The number of methoxy groups -OCH3 is 4. The monoisotopic (exact) mass is 306 g/mol. The largest absolute Gasteiger partial charge is 0.468 e. The second-order valence-corrected chi connectivity index (χ2v) is 4.70. The van der Waals surface area contributed by atoms with E-state index in [0.29, 0.717) is 0 Å². The van der Waals surface area contributed by atoms with E-state index in [1.54, 1.807) is 0 Å². The molecule has 0 radical (unpaired) electrons. The minimum atomic E-state index is -1.43. The summed E-state index contributed by atoms with van der Waals surface area (Å²) in [5.74, 6) is -1.33. The van der Waals surface area contributed by atoms with Gasteiger partial charge in [0.1, 0.15) is 13.6 Å². The van der Waals surface area contributed by atoms with Gasteiger partial charge < -0.3 is 28.4 Å². The third-order valence-corrected chi connectivity index (χ3v) is 3.47. The van der Waals surface area contributed by atoms with Crippen LogP contribution in [0.1, 0.15) is 12.8 Å². The third-order valence-electron chi connectivity index (χ3n) is 3.47. The molecule has 0 aromatic rings. The Morgan fingerprint density at radius 3 is 1.52 bits per heavy atom. The maximum absolute atomic E-state index is 12.1. The van der Waals surface area contributed by atoms with Crippen molar-refractivity contribution in [3.8, 4) is 0 Å². The van der Waals surface area contributed by atoms with Crippen LogP contribution in [-0.4, -0.2) is 66.2 Å². The number of carbonyl (C=O) groups is 2. The molecule has 1 saturated carbocycles. The molecule has 0 aromatic heterocycles. The lowest BCUT2D eigenvalue weighted by molar-refractivity contribution is -0.170. The Hall–Kier alpha value is -1.22. The summed E-state index contributed by atoms with van der Waals surface area (Å²) in [6.45, 7) is 0.0475. The first-order valence-corrected chi connectivity index (χ1v) is 6.43. The van der Waals surface area contributed by atoms with Crippen LogP contribution in [0.4, 0.5) is 0 Å². The molecule has 1 fully saturated rings. The molecule has 2 atom stereocenters. The number of carbonyl (C=O) groups excluding carboxylic acids is 2. The number of hydrogen-bond donors (Lipinski definition) is 0. The minimum Gasteiger partial charge on any atom is -0.468 e. The van der Waals surface area contributed by atoms with Crippen LogP contribution in [0.2, 0.25) is 0 Å². The predicted octanol–water partition coefficient (Wildman–Crippen LogP) is 0.0908. The maximum atomic E-state index is 12.1. The Morgan fingerprint density at radius 2 is 1.24 bits per heavy atom. The van der Waals surface area contributed by atoms with Crippen molar-refractivity contribution in [2.45, 2.75) is 25.0 Å². The summed E-state index contributed by atoms with van der Waals surface area (Å²) < 4.78 is 30.2. The summed E-state index contributed by atoms with van der Waals surface area (Å²) in [5, 5.41) is 0. The van der Waals surface area contributed by atoms with Crippen LogP contribution in [0.25, 0.3) is 0 Å². The van der Waals surface area contributed by atoms with Crippen molar-refractivity contribution in [3.63, 3.8) is 0 Å². The summed E-state index contributed by atoms with van der Waals surface area (Å²) in [7, 11) is 5.41.